The highest BCUT2D eigenvalue weighted by molar-refractivity contribution is 4.94. The third-order valence-electron chi connectivity index (χ3n) is 5.32. The summed E-state index contributed by atoms with van der Waals surface area (Å²) in [5.74, 6) is 0. The first-order valence-corrected chi connectivity index (χ1v) is 11.3. The zero-order valence-electron chi connectivity index (χ0n) is 17.5. The Hall–Kier alpha value is -0.960. The zero-order valence-corrected chi connectivity index (χ0v) is 17.5. The third-order valence-corrected chi connectivity index (χ3v) is 5.32. The van der Waals surface area contributed by atoms with Crippen LogP contribution >= 0.6 is 0 Å². The number of nitrogens with one attached hydrogen (secondary N) is 1. The predicted octanol–water partition coefficient (Wildman–Crippen LogP) is 6.45. The van der Waals surface area contributed by atoms with Crippen molar-refractivity contribution in [2.24, 2.45) is 0 Å². The van der Waals surface area contributed by atoms with E-state index in [2.05, 4.69) is 24.4 Å². The average Bonchev–Trinajstić information content (AvgIpc) is 3.10. The number of hydrogen-bond acceptors (Lipinski definition) is 3. The fourth-order valence-electron chi connectivity index (χ4n) is 3.64. The van der Waals surface area contributed by atoms with Gasteiger partial charge >= 0.3 is 0 Å². The standard InChI is InChI=1S/C23H44N2O/c1-3-4-5-6-7-8-9-10-11-12-13-14-15-16-17-18-19-23-24-20-21-25(23)22(2)26/h15-16,20-24,26H,3-14,17-19H2,1-2H3/b16-15+. The lowest BCUT2D eigenvalue weighted by Crippen LogP contribution is -2.40. The summed E-state index contributed by atoms with van der Waals surface area (Å²) in [4.78, 5) is 1.98. The van der Waals surface area contributed by atoms with E-state index in [4.69, 9.17) is 0 Å². The Morgan fingerprint density at radius 1 is 0.885 bits per heavy atom. The molecule has 1 aliphatic rings. The number of rotatable bonds is 17. The van der Waals surface area contributed by atoms with Crippen LogP contribution in [0, 0.1) is 0 Å². The topological polar surface area (TPSA) is 35.5 Å². The first kappa shape index (κ1) is 23.1. The first-order valence-electron chi connectivity index (χ1n) is 11.3. The van der Waals surface area contributed by atoms with Gasteiger partial charge in [0.1, 0.15) is 12.4 Å². The van der Waals surface area contributed by atoms with Gasteiger partial charge in [-0.3, -0.25) is 0 Å². The van der Waals surface area contributed by atoms with Crippen molar-refractivity contribution >= 4 is 0 Å². The molecule has 0 aliphatic carbocycles. The maximum Gasteiger partial charge on any atom is 0.125 e. The first-order chi connectivity index (χ1) is 12.8. The molecule has 1 aliphatic heterocycles. The lowest BCUT2D eigenvalue weighted by atomic mass is 10.1. The van der Waals surface area contributed by atoms with Gasteiger partial charge in [0.25, 0.3) is 0 Å². The van der Waals surface area contributed by atoms with Crippen LogP contribution in [0.5, 0.6) is 0 Å². The van der Waals surface area contributed by atoms with Crippen LogP contribution in [0.15, 0.2) is 24.6 Å². The Morgan fingerprint density at radius 3 is 2.00 bits per heavy atom. The van der Waals surface area contributed by atoms with Crippen molar-refractivity contribution in [1.82, 2.24) is 10.2 Å². The molecule has 3 nitrogen and oxygen atoms in total. The SMILES string of the molecule is CCCCCCCCCCCCC/C=C/CCCC1NC=CN1C(C)O. The van der Waals surface area contributed by atoms with Crippen LogP contribution in [-0.2, 0) is 0 Å². The number of hydrogen-bond donors (Lipinski definition) is 2. The average molecular weight is 365 g/mol. The molecule has 0 saturated carbocycles. The van der Waals surface area contributed by atoms with E-state index in [1.165, 1.54) is 77.0 Å². The van der Waals surface area contributed by atoms with Crippen LogP contribution in [0.3, 0.4) is 0 Å². The molecule has 3 heteroatoms. The molecule has 0 aromatic rings. The van der Waals surface area contributed by atoms with Gasteiger partial charge < -0.3 is 15.3 Å². The molecule has 152 valence electrons. The van der Waals surface area contributed by atoms with Gasteiger partial charge in [0, 0.05) is 12.4 Å². The Kier molecular flexibility index (Phi) is 14.4. The summed E-state index contributed by atoms with van der Waals surface area (Å²) >= 11 is 0. The molecular weight excluding hydrogens is 320 g/mol. The van der Waals surface area contributed by atoms with E-state index in [-0.39, 0.29) is 6.17 Å². The number of allylic oxidation sites excluding steroid dienone is 2. The van der Waals surface area contributed by atoms with Crippen molar-refractivity contribution < 1.29 is 5.11 Å². The summed E-state index contributed by atoms with van der Waals surface area (Å²) in [5.41, 5.74) is 0. The van der Waals surface area contributed by atoms with E-state index in [0.717, 1.165) is 19.3 Å². The second-order valence-corrected chi connectivity index (χ2v) is 7.80. The van der Waals surface area contributed by atoms with Crippen LogP contribution in [0.25, 0.3) is 0 Å². The minimum atomic E-state index is -0.414. The Labute approximate surface area is 162 Å². The molecule has 0 radical (unpaired) electrons. The largest absolute Gasteiger partial charge is 0.374 e. The van der Waals surface area contributed by atoms with Crippen LogP contribution in [0.2, 0.25) is 0 Å². The van der Waals surface area contributed by atoms with Gasteiger partial charge in [-0.25, -0.2) is 0 Å². The molecule has 0 aromatic carbocycles. The molecule has 0 bridgehead atoms. The highest BCUT2D eigenvalue weighted by Crippen LogP contribution is 2.15. The minimum Gasteiger partial charge on any atom is -0.374 e. The number of aliphatic hydroxyl groups excluding tert-OH is 1. The Balaban J connectivity index is 1.81. The number of unbranched alkanes of at least 4 members (excludes halogenated alkanes) is 12. The maximum absolute atomic E-state index is 9.68. The van der Waals surface area contributed by atoms with Crippen LogP contribution in [0.4, 0.5) is 0 Å². The molecule has 1 heterocycles. The van der Waals surface area contributed by atoms with Gasteiger partial charge in [0.05, 0.1) is 0 Å². The predicted molar refractivity (Wildman–Crippen MR) is 114 cm³/mol. The van der Waals surface area contributed by atoms with E-state index in [9.17, 15) is 5.11 Å². The summed E-state index contributed by atoms with van der Waals surface area (Å²) in [6.45, 7) is 4.10. The van der Waals surface area contributed by atoms with Gasteiger partial charge in [-0.2, -0.15) is 0 Å². The number of nitrogens with zero attached hydrogens (tertiary/aromatic N) is 1. The van der Waals surface area contributed by atoms with Gasteiger partial charge in [-0.05, 0) is 39.0 Å². The normalized spacial score (nSPS) is 18.0. The van der Waals surface area contributed by atoms with Crippen molar-refractivity contribution in [1.29, 1.82) is 0 Å². The smallest absolute Gasteiger partial charge is 0.125 e. The maximum atomic E-state index is 9.68. The minimum absolute atomic E-state index is 0.259. The summed E-state index contributed by atoms with van der Waals surface area (Å²) in [6, 6.07) is 0. The van der Waals surface area contributed by atoms with Crippen LogP contribution in [0.1, 0.15) is 110 Å². The fraction of sp³-hybridized carbons (Fsp3) is 0.826. The van der Waals surface area contributed by atoms with Crippen molar-refractivity contribution in [2.45, 2.75) is 123 Å². The lowest BCUT2D eigenvalue weighted by molar-refractivity contribution is 0.0257. The van der Waals surface area contributed by atoms with Crippen molar-refractivity contribution in [3.8, 4) is 0 Å². The van der Waals surface area contributed by atoms with E-state index >= 15 is 0 Å². The molecule has 0 spiro atoms. The number of aliphatic hydroxyl groups is 1. The second-order valence-electron chi connectivity index (χ2n) is 7.80. The van der Waals surface area contributed by atoms with Crippen LogP contribution in [-0.4, -0.2) is 22.4 Å². The molecule has 2 atom stereocenters. The quantitative estimate of drug-likeness (QED) is 0.230. The summed E-state index contributed by atoms with van der Waals surface area (Å²) in [5, 5.41) is 13.0. The zero-order chi connectivity index (χ0) is 18.9. The Morgan fingerprint density at radius 2 is 1.42 bits per heavy atom. The second kappa shape index (κ2) is 16.2. The molecule has 0 amide bonds. The lowest BCUT2D eigenvalue weighted by Gasteiger charge is -2.27. The summed E-state index contributed by atoms with van der Waals surface area (Å²) in [6.07, 6.45) is 28.6. The van der Waals surface area contributed by atoms with Gasteiger partial charge in [0.2, 0.25) is 0 Å². The molecular formula is C23H44N2O. The summed E-state index contributed by atoms with van der Waals surface area (Å²) < 4.78 is 0. The molecule has 0 aromatic heterocycles. The van der Waals surface area contributed by atoms with E-state index < -0.39 is 6.23 Å². The highest BCUT2D eigenvalue weighted by Gasteiger charge is 2.20. The van der Waals surface area contributed by atoms with Crippen molar-refractivity contribution in [3.05, 3.63) is 24.6 Å². The molecule has 0 fully saturated rings. The van der Waals surface area contributed by atoms with E-state index in [0.29, 0.717) is 0 Å². The monoisotopic (exact) mass is 364 g/mol. The Bertz CT molecular complexity index is 365. The third kappa shape index (κ3) is 11.6. The van der Waals surface area contributed by atoms with Gasteiger partial charge in [0.15, 0.2) is 0 Å². The summed E-state index contributed by atoms with van der Waals surface area (Å²) in [7, 11) is 0. The van der Waals surface area contributed by atoms with Crippen molar-refractivity contribution in [3.63, 3.8) is 0 Å². The highest BCUT2D eigenvalue weighted by atomic mass is 16.3. The fourth-order valence-corrected chi connectivity index (χ4v) is 3.64. The van der Waals surface area contributed by atoms with E-state index in [1.54, 1.807) is 0 Å². The van der Waals surface area contributed by atoms with Crippen molar-refractivity contribution in [2.75, 3.05) is 0 Å². The molecule has 2 unspecified atom stereocenters. The molecule has 0 saturated heterocycles. The molecule has 26 heavy (non-hydrogen) atoms. The van der Waals surface area contributed by atoms with Gasteiger partial charge in [-0.1, -0.05) is 83.3 Å². The molecule has 2 N–H and O–H groups in total. The van der Waals surface area contributed by atoms with Crippen LogP contribution < -0.4 is 5.32 Å². The molecule has 1 rings (SSSR count). The van der Waals surface area contributed by atoms with E-state index in [1.807, 2.05) is 24.2 Å². The van der Waals surface area contributed by atoms with Gasteiger partial charge in [-0.15, -0.1) is 0 Å².